The van der Waals surface area contributed by atoms with E-state index in [4.69, 9.17) is 4.98 Å². The third-order valence-corrected chi connectivity index (χ3v) is 5.89. The lowest BCUT2D eigenvalue weighted by Crippen LogP contribution is -2.38. The van der Waals surface area contributed by atoms with Crippen LogP contribution in [-0.4, -0.2) is 38.8 Å². The summed E-state index contributed by atoms with van der Waals surface area (Å²) >= 11 is 3.50. The fraction of sp³-hybridized carbons (Fsp3) is 0.286. The number of pyridine rings is 2. The van der Waals surface area contributed by atoms with Crippen LogP contribution in [0.2, 0.25) is 0 Å². The number of nitrogens with zero attached hydrogens (tertiary/aromatic N) is 4. The Morgan fingerprint density at radius 2 is 2.07 bits per heavy atom. The molecule has 0 spiro atoms. The molecular formula is C21H19BrFN5. The standard InChI is InChI=1S/C21H19BrFN5/c22-16-5-7-19-26-27-21(28(19)12-16)18-6-4-13-2-1-3-15(20(13)25-18)10-14-8-9-24-11-17(14)23/h1-7,12,14,17,24H,8-11H2. The number of halogens is 2. The van der Waals surface area contributed by atoms with E-state index in [1.54, 1.807) is 0 Å². The molecule has 2 unspecified atom stereocenters. The lowest BCUT2D eigenvalue weighted by molar-refractivity contribution is 0.180. The zero-order chi connectivity index (χ0) is 19.1. The number of hydrogen-bond acceptors (Lipinski definition) is 4. The number of alkyl halides is 1. The van der Waals surface area contributed by atoms with Crippen molar-refractivity contribution in [3.05, 3.63) is 58.7 Å². The molecule has 1 saturated heterocycles. The first-order valence-corrected chi connectivity index (χ1v) is 10.2. The summed E-state index contributed by atoms with van der Waals surface area (Å²) in [6.07, 6.45) is 2.67. The van der Waals surface area contributed by atoms with Crippen LogP contribution in [0.3, 0.4) is 0 Å². The Kier molecular flexibility index (Phi) is 4.56. The molecule has 4 heterocycles. The molecule has 0 saturated carbocycles. The van der Waals surface area contributed by atoms with E-state index in [0.29, 0.717) is 18.8 Å². The normalized spacial score (nSPS) is 20.1. The summed E-state index contributed by atoms with van der Waals surface area (Å²) in [7, 11) is 0. The summed E-state index contributed by atoms with van der Waals surface area (Å²) in [6, 6.07) is 14.0. The first-order chi connectivity index (χ1) is 13.7. The van der Waals surface area contributed by atoms with Gasteiger partial charge in [0, 0.05) is 22.6 Å². The summed E-state index contributed by atoms with van der Waals surface area (Å²) in [5.74, 6) is 0.723. The largest absolute Gasteiger partial charge is 0.314 e. The van der Waals surface area contributed by atoms with Gasteiger partial charge in [-0.05, 0) is 65.0 Å². The molecule has 28 heavy (non-hydrogen) atoms. The fourth-order valence-corrected chi connectivity index (χ4v) is 4.26. The van der Waals surface area contributed by atoms with Crippen LogP contribution in [0, 0.1) is 5.92 Å². The summed E-state index contributed by atoms with van der Waals surface area (Å²) in [5.41, 5.74) is 3.53. The maximum absolute atomic E-state index is 14.3. The van der Waals surface area contributed by atoms with Crippen molar-refractivity contribution in [3.63, 3.8) is 0 Å². The van der Waals surface area contributed by atoms with Crippen molar-refractivity contribution in [2.75, 3.05) is 13.1 Å². The summed E-state index contributed by atoms with van der Waals surface area (Å²) in [5, 5.41) is 12.8. The molecule has 5 nitrogen and oxygen atoms in total. The second-order valence-electron chi connectivity index (χ2n) is 7.26. The summed E-state index contributed by atoms with van der Waals surface area (Å²) in [4.78, 5) is 4.91. The number of aromatic nitrogens is 4. The van der Waals surface area contributed by atoms with Crippen molar-refractivity contribution >= 4 is 32.5 Å². The Hall–Kier alpha value is -2.38. The molecule has 1 fully saturated rings. The van der Waals surface area contributed by atoms with Crippen LogP contribution in [0.5, 0.6) is 0 Å². The first kappa shape index (κ1) is 17.7. The van der Waals surface area contributed by atoms with Gasteiger partial charge in [0.05, 0.1) is 5.52 Å². The highest BCUT2D eigenvalue weighted by molar-refractivity contribution is 9.10. The Labute approximate surface area is 170 Å². The van der Waals surface area contributed by atoms with Crippen LogP contribution in [0.15, 0.2) is 53.1 Å². The highest BCUT2D eigenvalue weighted by Crippen LogP contribution is 2.27. The number of piperidine rings is 1. The van der Waals surface area contributed by atoms with Gasteiger partial charge in [-0.25, -0.2) is 9.37 Å². The van der Waals surface area contributed by atoms with Crippen molar-refractivity contribution in [1.82, 2.24) is 24.9 Å². The molecule has 1 N–H and O–H groups in total. The van der Waals surface area contributed by atoms with Crippen LogP contribution in [0.4, 0.5) is 4.39 Å². The lowest BCUT2D eigenvalue weighted by Gasteiger charge is -2.27. The minimum Gasteiger partial charge on any atom is -0.314 e. The summed E-state index contributed by atoms with van der Waals surface area (Å²) in [6.45, 7) is 1.31. The third kappa shape index (κ3) is 3.18. The minimum atomic E-state index is -0.815. The summed E-state index contributed by atoms with van der Waals surface area (Å²) < 4.78 is 17.2. The highest BCUT2D eigenvalue weighted by Gasteiger charge is 2.25. The minimum absolute atomic E-state index is 0.0298. The van der Waals surface area contributed by atoms with Crippen LogP contribution >= 0.6 is 15.9 Å². The van der Waals surface area contributed by atoms with Crippen molar-refractivity contribution < 1.29 is 4.39 Å². The molecule has 0 radical (unpaired) electrons. The maximum atomic E-state index is 14.3. The van der Waals surface area contributed by atoms with Crippen LogP contribution < -0.4 is 5.32 Å². The first-order valence-electron chi connectivity index (χ1n) is 9.43. The second kappa shape index (κ2) is 7.22. The zero-order valence-corrected chi connectivity index (χ0v) is 16.7. The van der Waals surface area contributed by atoms with E-state index >= 15 is 0 Å². The monoisotopic (exact) mass is 439 g/mol. The van der Waals surface area contributed by atoms with Gasteiger partial charge in [-0.15, -0.1) is 10.2 Å². The van der Waals surface area contributed by atoms with Gasteiger partial charge >= 0.3 is 0 Å². The van der Waals surface area contributed by atoms with E-state index < -0.39 is 6.17 Å². The second-order valence-corrected chi connectivity index (χ2v) is 8.17. The average Bonchev–Trinajstić information content (AvgIpc) is 3.12. The molecular weight excluding hydrogens is 421 g/mol. The van der Waals surface area contributed by atoms with Gasteiger partial charge in [-0.1, -0.05) is 24.3 Å². The van der Waals surface area contributed by atoms with Crippen molar-refractivity contribution in [2.45, 2.75) is 19.0 Å². The topological polar surface area (TPSA) is 55.1 Å². The van der Waals surface area contributed by atoms with Gasteiger partial charge < -0.3 is 5.32 Å². The quantitative estimate of drug-likeness (QED) is 0.519. The molecule has 0 bridgehead atoms. The molecule has 3 aromatic heterocycles. The van der Waals surface area contributed by atoms with Gasteiger partial charge in [0.25, 0.3) is 0 Å². The number of nitrogens with one attached hydrogen (secondary N) is 1. The van der Waals surface area contributed by atoms with Gasteiger partial charge in [-0.3, -0.25) is 4.40 Å². The van der Waals surface area contributed by atoms with E-state index in [1.165, 1.54) is 0 Å². The van der Waals surface area contributed by atoms with E-state index in [1.807, 2.05) is 40.9 Å². The molecule has 1 aliphatic rings. The molecule has 5 rings (SSSR count). The van der Waals surface area contributed by atoms with Crippen LogP contribution in [-0.2, 0) is 6.42 Å². The Morgan fingerprint density at radius 3 is 2.96 bits per heavy atom. The van der Waals surface area contributed by atoms with Crippen molar-refractivity contribution in [3.8, 4) is 11.5 Å². The highest BCUT2D eigenvalue weighted by atomic mass is 79.9. The van der Waals surface area contributed by atoms with Crippen LogP contribution in [0.25, 0.3) is 28.1 Å². The van der Waals surface area contributed by atoms with E-state index in [9.17, 15) is 4.39 Å². The molecule has 142 valence electrons. The SMILES string of the molecule is FC1CNCCC1Cc1cccc2ccc(-c3nnc4ccc(Br)cn34)nc12. The molecule has 0 amide bonds. The third-order valence-electron chi connectivity index (χ3n) is 5.42. The molecule has 2 atom stereocenters. The number of hydrogen-bond donors (Lipinski definition) is 1. The predicted octanol–water partition coefficient (Wildman–Crippen LogP) is 4.20. The zero-order valence-electron chi connectivity index (χ0n) is 15.1. The van der Waals surface area contributed by atoms with Crippen molar-refractivity contribution in [1.29, 1.82) is 0 Å². The Morgan fingerprint density at radius 1 is 1.14 bits per heavy atom. The van der Waals surface area contributed by atoms with Crippen LogP contribution in [0.1, 0.15) is 12.0 Å². The predicted molar refractivity (Wildman–Crippen MR) is 111 cm³/mol. The average molecular weight is 440 g/mol. The van der Waals surface area contributed by atoms with Crippen molar-refractivity contribution in [2.24, 2.45) is 5.92 Å². The fourth-order valence-electron chi connectivity index (χ4n) is 3.92. The van der Waals surface area contributed by atoms with Gasteiger partial charge in [-0.2, -0.15) is 0 Å². The van der Waals surface area contributed by atoms with E-state index in [-0.39, 0.29) is 5.92 Å². The smallest absolute Gasteiger partial charge is 0.187 e. The maximum Gasteiger partial charge on any atom is 0.187 e. The van der Waals surface area contributed by atoms with E-state index in [2.05, 4.69) is 43.6 Å². The molecule has 0 aliphatic carbocycles. The number of para-hydroxylation sites is 1. The van der Waals surface area contributed by atoms with Gasteiger partial charge in [0.15, 0.2) is 11.5 Å². The Bertz CT molecular complexity index is 1160. The van der Waals surface area contributed by atoms with Gasteiger partial charge in [0.1, 0.15) is 11.9 Å². The molecule has 1 aliphatic heterocycles. The number of benzene rings is 1. The lowest BCUT2D eigenvalue weighted by atomic mass is 9.88. The molecule has 7 heteroatoms. The molecule has 4 aromatic rings. The molecule has 1 aromatic carbocycles. The van der Waals surface area contributed by atoms with Gasteiger partial charge in [0.2, 0.25) is 0 Å². The number of rotatable bonds is 3. The Balaban J connectivity index is 1.59. The van der Waals surface area contributed by atoms with E-state index in [0.717, 1.165) is 45.2 Å². The number of fused-ring (bicyclic) bond motifs is 2.